The second-order valence-electron chi connectivity index (χ2n) is 4.17. The van der Waals surface area contributed by atoms with Gasteiger partial charge in [0.25, 0.3) is 0 Å². The van der Waals surface area contributed by atoms with Crippen molar-refractivity contribution in [3.63, 3.8) is 0 Å². The van der Waals surface area contributed by atoms with Gasteiger partial charge in [0, 0.05) is 0 Å². The lowest BCUT2D eigenvalue weighted by atomic mass is 10.1. The minimum atomic E-state index is -1.86. The largest absolute Gasteiger partial charge is 0.479 e. The first kappa shape index (κ1) is 14.3. The SMILES string of the molecule is CCc1nnc(NCC(C)(O)C(=O)O)nc1CC. The molecule has 100 valence electrons. The van der Waals surface area contributed by atoms with E-state index in [0.717, 1.165) is 24.2 Å². The minimum Gasteiger partial charge on any atom is -0.479 e. The van der Waals surface area contributed by atoms with Crippen LogP contribution in [0.2, 0.25) is 0 Å². The Morgan fingerprint density at radius 3 is 2.39 bits per heavy atom. The molecular weight excluding hydrogens is 236 g/mol. The summed E-state index contributed by atoms with van der Waals surface area (Å²) in [6, 6.07) is 0. The molecule has 1 heterocycles. The van der Waals surface area contributed by atoms with Gasteiger partial charge in [0.15, 0.2) is 5.60 Å². The molecule has 0 bridgehead atoms. The number of aryl methyl sites for hydroxylation is 2. The Morgan fingerprint density at radius 2 is 1.89 bits per heavy atom. The number of anilines is 1. The number of carboxylic acids is 1. The number of aliphatic carboxylic acids is 1. The number of carboxylic acid groups (broad SMARTS) is 1. The van der Waals surface area contributed by atoms with Crippen LogP contribution in [0.3, 0.4) is 0 Å². The molecule has 0 saturated carbocycles. The molecule has 0 aliphatic carbocycles. The summed E-state index contributed by atoms with van der Waals surface area (Å²) in [5.74, 6) is -1.07. The lowest BCUT2D eigenvalue weighted by molar-refractivity contribution is -0.155. The van der Waals surface area contributed by atoms with E-state index in [4.69, 9.17) is 5.11 Å². The average molecular weight is 254 g/mol. The summed E-state index contributed by atoms with van der Waals surface area (Å²) in [7, 11) is 0. The van der Waals surface area contributed by atoms with Crippen LogP contribution in [0.25, 0.3) is 0 Å². The number of hydrogen-bond acceptors (Lipinski definition) is 6. The van der Waals surface area contributed by atoms with Crippen LogP contribution in [0.5, 0.6) is 0 Å². The summed E-state index contributed by atoms with van der Waals surface area (Å²) in [6.07, 6.45) is 1.47. The molecule has 0 radical (unpaired) electrons. The van der Waals surface area contributed by atoms with Crippen molar-refractivity contribution in [2.45, 2.75) is 39.2 Å². The summed E-state index contributed by atoms with van der Waals surface area (Å²) in [5, 5.41) is 28.8. The van der Waals surface area contributed by atoms with Crippen LogP contribution >= 0.6 is 0 Å². The zero-order valence-corrected chi connectivity index (χ0v) is 10.8. The molecule has 1 rings (SSSR count). The van der Waals surface area contributed by atoms with Crippen LogP contribution in [0.1, 0.15) is 32.2 Å². The third-order valence-corrected chi connectivity index (χ3v) is 2.56. The van der Waals surface area contributed by atoms with Crippen LogP contribution in [0, 0.1) is 0 Å². The van der Waals surface area contributed by atoms with E-state index in [1.165, 1.54) is 6.92 Å². The minimum absolute atomic E-state index is 0.182. The lowest BCUT2D eigenvalue weighted by Gasteiger charge is -2.18. The molecule has 1 unspecified atom stereocenters. The number of rotatable bonds is 6. The molecule has 1 aromatic rings. The van der Waals surface area contributed by atoms with Crippen molar-refractivity contribution >= 4 is 11.9 Å². The fraction of sp³-hybridized carbons (Fsp3) is 0.636. The molecule has 0 aliphatic rings. The standard InChI is InChI=1S/C11H18N4O3/c1-4-7-8(5-2)14-15-10(13-7)12-6-11(3,18)9(16)17/h18H,4-6H2,1-3H3,(H,16,17)(H,12,13,15). The Bertz CT molecular complexity index is 434. The second kappa shape index (κ2) is 5.72. The van der Waals surface area contributed by atoms with Crippen LogP contribution in [0.15, 0.2) is 0 Å². The highest BCUT2D eigenvalue weighted by atomic mass is 16.4. The smallest absolute Gasteiger partial charge is 0.337 e. The van der Waals surface area contributed by atoms with Crippen LogP contribution in [-0.2, 0) is 17.6 Å². The molecule has 3 N–H and O–H groups in total. The van der Waals surface area contributed by atoms with Gasteiger partial charge >= 0.3 is 5.97 Å². The highest BCUT2D eigenvalue weighted by Crippen LogP contribution is 2.09. The van der Waals surface area contributed by atoms with Crippen LogP contribution in [0.4, 0.5) is 5.95 Å². The van der Waals surface area contributed by atoms with Gasteiger partial charge in [-0.3, -0.25) is 0 Å². The molecule has 7 nitrogen and oxygen atoms in total. The molecule has 18 heavy (non-hydrogen) atoms. The van der Waals surface area contributed by atoms with Gasteiger partial charge in [-0.05, 0) is 19.8 Å². The highest BCUT2D eigenvalue weighted by Gasteiger charge is 2.29. The van der Waals surface area contributed by atoms with Crippen molar-refractivity contribution in [3.05, 3.63) is 11.4 Å². The molecule has 1 atom stereocenters. The topological polar surface area (TPSA) is 108 Å². The van der Waals surface area contributed by atoms with Crippen molar-refractivity contribution in [2.75, 3.05) is 11.9 Å². The summed E-state index contributed by atoms with van der Waals surface area (Å²) in [5.41, 5.74) is -0.211. The normalized spacial score (nSPS) is 14.0. The predicted molar refractivity (Wildman–Crippen MR) is 65.3 cm³/mol. The van der Waals surface area contributed by atoms with Gasteiger partial charge in [0.05, 0.1) is 17.9 Å². The molecule has 7 heteroatoms. The number of hydrogen-bond donors (Lipinski definition) is 3. The molecule has 1 aromatic heterocycles. The molecule has 0 saturated heterocycles. The van der Waals surface area contributed by atoms with E-state index in [9.17, 15) is 9.90 Å². The number of carbonyl (C=O) groups is 1. The number of nitrogens with zero attached hydrogens (tertiary/aromatic N) is 3. The van der Waals surface area contributed by atoms with Gasteiger partial charge in [-0.25, -0.2) is 9.78 Å². The summed E-state index contributed by atoms with van der Waals surface area (Å²) in [4.78, 5) is 15.0. The molecule has 0 aliphatic heterocycles. The van der Waals surface area contributed by atoms with Crippen LogP contribution in [-0.4, -0.2) is 43.5 Å². The number of aromatic nitrogens is 3. The predicted octanol–water partition coefficient (Wildman–Crippen LogP) is 0.244. The van der Waals surface area contributed by atoms with Gasteiger partial charge in [-0.1, -0.05) is 13.8 Å². The van der Waals surface area contributed by atoms with Crippen molar-refractivity contribution in [2.24, 2.45) is 0 Å². The first-order valence-corrected chi connectivity index (χ1v) is 5.82. The van der Waals surface area contributed by atoms with Crippen molar-refractivity contribution in [1.29, 1.82) is 0 Å². The molecule has 0 spiro atoms. The molecular formula is C11H18N4O3. The van der Waals surface area contributed by atoms with E-state index < -0.39 is 11.6 Å². The summed E-state index contributed by atoms with van der Waals surface area (Å²) >= 11 is 0. The van der Waals surface area contributed by atoms with Gasteiger partial charge in [-0.15, -0.1) is 5.10 Å². The van der Waals surface area contributed by atoms with Gasteiger partial charge in [0.1, 0.15) is 0 Å². The Balaban J connectivity index is 2.77. The van der Waals surface area contributed by atoms with Crippen molar-refractivity contribution in [1.82, 2.24) is 15.2 Å². The van der Waals surface area contributed by atoms with Crippen LogP contribution < -0.4 is 5.32 Å². The fourth-order valence-electron chi connectivity index (χ4n) is 1.34. The van der Waals surface area contributed by atoms with Gasteiger partial charge < -0.3 is 15.5 Å². The number of nitrogens with one attached hydrogen (secondary N) is 1. The third-order valence-electron chi connectivity index (χ3n) is 2.56. The van der Waals surface area contributed by atoms with E-state index >= 15 is 0 Å². The van der Waals surface area contributed by atoms with E-state index in [1.54, 1.807) is 0 Å². The van der Waals surface area contributed by atoms with E-state index in [0.29, 0.717) is 0 Å². The summed E-state index contributed by atoms with van der Waals surface area (Å²) < 4.78 is 0. The van der Waals surface area contributed by atoms with E-state index in [-0.39, 0.29) is 12.5 Å². The Hall–Kier alpha value is -1.76. The van der Waals surface area contributed by atoms with E-state index in [1.807, 2.05) is 13.8 Å². The maximum Gasteiger partial charge on any atom is 0.337 e. The quantitative estimate of drug-likeness (QED) is 0.667. The molecule has 0 amide bonds. The monoisotopic (exact) mass is 254 g/mol. The zero-order chi connectivity index (χ0) is 13.8. The first-order chi connectivity index (χ1) is 8.40. The van der Waals surface area contributed by atoms with E-state index in [2.05, 4.69) is 20.5 Å². The Labute approximate surface area is 105 Å². The van der Waals surface area contributed by atoms with Gasteiger partial charge in [-0.2, -0.15) is 5.10 Å². The number of aliphatic hydroxyl groups is 1. The van der Waals surface area contributed by atoms with Crippen molar-refractivity contribution < 1.29 is 15.0 Å². The fourth-order valence-corrected chi connectivity index (χ4v) is 1.34. The molecule has 0 fully saturated rings. The maximum atomic E-state index is 10.7. The Morgan fingerprint density at radius 1 is 1.28 bits per heavy atom. The average Bonchev–Trinajstić information content (AvgIpc) is 2.35. The first-order valence-electron chi connectivity index (χ1n) is 5.82. The Kier molecular flexibility index (Phi) is 4.55. The third kappa shape index (κ3) is 3.36. The highest BCUT2D eigenvalue weighted by molar-refractivity contribution is 5.77. The molecule has 0 aromatic carbocycles. The van der Waals surface area contributed by atoms with Crippen molar-refractivity contribution in [3.8, 4) is 0 Å². The summed E-state index contributed by atoms with van der Waals surface area (Å²) in [6.45, 7) is 4.95. The van der Waals surface area contributed by atoms with Gasteiger partial charge in [0.2, 0.25) is 5.95 Å². The second-order valence-corrected chi connectivity index (χ2v) is 4.17. The lowest BCUT2D eigenvalue weighted by Crippen LogP contribution is -2.42. The zero-order valence-electron chi connectivity index (χ0n) is 10.8. The maximum absolute atomic E-state index is 10.7.